The first kappa shape index (κ1) is 14.1. The van der Waals surface area contributed by atoms with Gasteiger partial charge in [-0.05, 0) is 36.7 Å². The van der Waals surface area contributed by atoms with E-state index in [0.29, 0.717) is 14.6 Å². The topological polar surface area (TPSA) is 68.3 Å². The van der Waals surface area contributed by atoms with E-state index in [1.165, 1.54) is 18.3 Å². The molecule has 0 aliphatic carbocycles. The highest BCUT2D eigenvalue weighted by atomic mass is 79.9. The van der Waals surface area contributed by atoms with Crippen LogP contribution >= 0.6 is 27.3 Å². The lowest BCUT2D eigenvalue weighted by Crippen LogP contribution is -2.27. The molecule has 0 aliphatic rings. The SMILES string of the molecule is CC(=O)c1nc(NC(=O)OC(C)(C)C)sc1Br. The predicted octanol–water partition coefficient (Wildman–Crippen LogP) is 3.46. The number of anilines is 1. The molecule has 0 aromatic carbocycles. The van der Waals surface area contributed by atoms with E-state index < -0.39 is 11.7 Å². The number of rotatable bonds is 2. The van der Waals surface area contributed by atoms with Crippen LogP contribution in [0, 0.1) is 0 Å². The molecule has 1 aromatic heterocycles. The molecular formula is C10H13BrN2O3S. The lowest BCUT2D eigenvalue weighted by molar-refractivity contribution is 0.0635. The average molecular weight is 321 g/mol. The number of nitrogens with zero attached hydrogens (tertiary/aromatic N) is 1. The maximum atomic E-state index is 11.5. The summed E-state index contributed by atoms with van der Waals surface area (Å²) in [6, 6.07) is 0. The van der Waals surface area contributed by atoms with Crippen LogP contribution in [0.3, 0.4) is 0 Å². The molecule has 5 nitrogen and oxygen atoms in total. The summed E-state index contributed by atoms with van der Waals surface area (Å²) in [5.74, 6) is -0.162. The number of ketones is 1. The van der Waals surface area contributed by atoms with Gasteiger partial charge in [0.15, 0.2) is 10.9 Å². The van der Waals surface area contributed by atoms with E-state index in [1.807, 2.05) is 0 Å². The molecule has 0 saturated carbocycles. The highest BCUT2D eigenvalue weighted by molar-refractivity contribution is 9.11. The summed E-state index contributed by atoms with van der Waals surface area (Å²) in [5.41, 5.74) is -0.261. The molecule has 94 valence electrons. The first-order valence-corrected chi connectivity index (χ1v) is 6.47. The Morgan fingerprint density at radius 1 is 1.41 bits per heavy atom. The number of thiazole rings is 1. The van der Waals surface area contributed by atoms with Crippen LogP contribution in [0.5, 0.6) is 0 Å². The molecule has 1 heterocycles. The van der Waals surface area contributed by atoms with Crippen molar-refractivity contribution in [3.8, 4) is 0 Å². The Morgan fingerprint density at radius 2 is 2.00 bits per heavy atom. The van der Waals surface area contributed by atoms with Gasteiger partial charge in [0.1, 0.15) is 15.1 Å². The zero-order valence-electron chi connectivity index (χ0n) is 9.96. The smallest absolute Gasteiger partial charge is 0.413 e. The van der Waals surface area contributed by atoms with Crippen LogP contribution in [0.4, 0.5) is 9.93 Å². The number of amides is 1. The number of aromatic nitrogens is 1. The normalized spacial score (nSPS) is 11.1. The number of nitrogens with one attached hydrogen (secondary N) is 1. The van der Waals surface area contributed by atoms with Gasteiger partial charge in [-0.2, -0.15) is 0 Å². The van der Waals surface area contributed by atoms with Crippen LogP contribution < -0.4 is 5.32 Å². The fourth-order valence-corrected chi connectivity index (χ4v) is 2.52. The van der Waals surface area contributed by atoms with Gasteiger partial charge in [0.2, 0.25) is 0 Å². The molecule has 0 saturated heterocycles. The van der Waals surface area contributed by atoms with Crippen molar-refractivity contribution in [1.82, 2.24) is 4.98 Å². The van der Waals surface area contributed by atoms with Gasteiger partial charge in [0.05, 0.1) is 0 Å². The highest BCUT2D eigenvalue weighted by Gasteiger charge is 2.19. The van der Waals surface area contributed by atoms with Gasteiger partial charge < -0.3 is 4.74 Å². The minimum absolute atomic E-state index is 0.162. The average Bonchev–Trinajstić information content (AvgIpc) is 2.42. The van der Waals surface area contributed by atoms with E-state index in [9.17, 15) is 9.59 Å². The summed E-state index contributed by atoms with van der Waals surface area (Å²) >= 11 is 4.38. The summed E-state index contributed by atoms with van der Waals surface area (Å²) in [6.45, 7) is 6.72. The van der Waals surface area contributed by atoms with Crippen molar-refractivity contribution < 1.29 is 14.3 Å². The minimum Gasteiger partial charge on any atom is -0.444 e. The van der Waals surface area contributed by atoms with E-state index in [2.05, 4.69) is 26.2 Å². The zero-order chi connectivity index (χ0) is 13.2. The van der Waals surface area contributed by atoms with Crippen LogP contribution in [0.25, 0.3) is 0 Å². The van der Waals surface area contributed by atoms with Gasteiger partial charge in [-0.3, -0.25) is 10.1 Å². The van der Waals surface area contributed by atoms with Gasteiger partial charge in [0.25, 0.3) is 0 Å². The van der Waals surface area contributed by atoms with Crippen molar-refractivity contribution in [2.45, 2.75) is 33.3 Å². The van der Waals surface area contributed by atoms with E-state index in [1.54, 1.807) is 20.8 Å². The minimum atomic E-state index is -0.589. The molecule has 0 spiro atoms. The Balaban J connectivity index is 2.73. The van der Waals surface area contributed by atoms with Crippen molar-refractivity contribution in [2.75, 3.05) is 5.32 Å². The van der Waals surface area contributed by atoms with Crippen molar-refractivity contribution in [3.05, 3.63) is 9.48 Å². The molecule has 0 fully saturated rings. The third-order valence-corrected chi connectivity index (χ3v) is 3.15. The first-order valence-electron chi connectivity index (χ1n) is 4.86. The zero-order valence-corrected chi connectivity index (χ0v) is 12.4. The quantitative estimate of drug-likeness (QED) is 0.847. The fourth-order valence-electron chi connectivity index (χ4n) is 0.963. The van der Waals surface area contributed by atoms with Crippen molar-refractivity contribution in [2.24, 2.45) is 0 Å². The number of hydrogen-bond donors (Lipinski definition) is 1. The second kappa shape index (κ2) is 5.14. The van der Waals surface area contributed by atoms with Crippen molar-refractivity contribution in [3.63, 3.8) is 0 Å². The number of ether oxygens (including phenoxy) is 1. The maximum absolute atomic E-state index is 11.5. The van der Waals surface area contributed by atoms with Crippen molar-refractivity contribution in [1.29, 1.82) is 0 Å². The van der Waals surface area contributed by atoms with Gasteiger partial charge in [-0.25, -0.2) is 9.78 Å². The summed E-state index contributed by atoms with van der Waals surface area (Å²) in [5, 5.41) is 2.81. The van der Waals surface area contributed by atoms with Crippen LogP contribution in [0.2, 0.25) is 0 Å². The summed E-state index contributed by atoms with van der Waals surface area (Å²) in [4.78, 5) is 26.6. The largest absolute Gasteiger partial charge is 0.444 e. The summed E-state index contributed by atoms with van der Waals surface area (Å²) < 4.78 is 5.66. The van der Waals surface area contributed by atoms with Gasteiger partial charge >= 0.3 is 6.09 Å². The fraction of sp³-hybridized carbons (Fsp3) is 0.500. The molecule has 0 radical (unpaired) electrons. The molecule has 0 bridgehead atoms. The Hall–Kier alpha value is -0.950. The summed E-state index contributed by atoms with van der Waals surface area (Å²) in [6.07, 6.45) is -0.589. The second-order valence-electron chi connectivity index (χ2n) is 4.32. The number of carbonyl (C=O) groups is 2. The van der Waals surface area contributed by atoms with E-state index in [4.69, 9.17) is 4.74 Å². The number of hydrogen-bond acceptors (Lipinski definition) is 5. The van der Waals surface area contributed by atoms with Gasteiger partial charge in [0, 0.05) is 6.92 Å². The molecule has 1 N–H and O–H groups in total. The lowest BCUT2D eigenvalue weighted by atomic mass is 10.2. The molecule has 0 aliphatic heterocycles. The van der Waals surface area contributed by atoms with Gasteiger partial charge in [-0.15, -0.1) is 0 Å². The van der Waals surface area contributed by atoms with Crippen LogP contribution in [0.1, 0.15) is 38.2 Å². The Labute approximate surface area is 112 Å². The Morgan fingerprint density at radius 3 is 2.41 bits per heavy atom. The standard InChI is InChI=1S/C10H13BrN2O3S/c1-5(14)6-7(11)17-8(12-6)13-9(15)16-10(2,3)4/h1-4H3,(H,12,13,15). The number of carbonyl (C=O) groups excluding carboxylic acids is 2. The van der Waals surface area contributed by atoms with Crippen LogP contribution in [0.15, 0.2) is 3.79 Å². The third kappa shape index (κ3) is 4.43. The highest BCUT2D eigenvalue weighted by Crippen LogP contribution is 2.29. The molecule has 0 atom stereocenters. The van der Waals surface area contributed by atoms with Crippen molar-refractivity contribution >= 4 is 44.3 Å². The van der Waals surface area contributed by atoms with E-state index in [0.717, 1.165) is 0 Å². The molecule has 1 rings (SSSR count). The molecule has 7 heteroatoms. The summed E-state index contributed by atoms with van der Waals surface area (Å²) in [7, 11) is 0. The van der Waals surface area contributed by atoms with Gasteiger partial charge in [-0.1, -0.05) is 11.3 Å². The Bertz CT molecular complexity index is 451. The Kier molecular flexibility index (Phi) is 4.26. The second-order valence-corrected chi connectivity index (χ2v) is 6.64. The van der Waals surface area contributed by atoms with E-state index >= 15 is 0 Å². The first-order chi connectivity index (χ1) is 7.69. The third-order valence-electron chi connectivity index (χ3n) is 1.53. The molecule has 17 heavy (non-hydrogen) atoms. The molecule has 1 amide bonds. The maximum Gasteiger partial charge on any atom is 0.413 e. The molecular weight excluding hydrogens is 308 g/mol. The molecule has 0 unspecified atom stereocenters. The van der Waals surface area contributed by atoms with E-state index in [-0.39, 0.29) is 5.78 Å². The van der Waals surface area contributed by atoms with Crippen LogP contribution in [-0.2, 0) is 4.74 Å². The lowest BCUT2D eigenvalue weighted by Gasteiger charge is -2.18. The predicted molar refractivity (Wildman–Crippen MR) is 69.7 cm³/mol. The monoisotopic (exact) mass is 320 g/mol. The molecule has 1 aromatic rings. The number of halogens is 1. The number of Topliss-reactive ketones (excluding diaryl/α,β-unsaturated/α-hetero) is 1. The van der Waals surface area contributed by atoms with Crippen LogP contribution in [-0.4, -0.2) is 22.5 Å².